The lowest BCUT2D eigenvalue weighted by Gasteiger charge is -2.39. The summed E-state index contributed by atoms with van der Waals surface area (Å²) in [6, 6.07) is 1.29. The third kappa shape index (κ3) is 6.23. The highest BCUT2D eigenvalue weighted by Crippen LogP contribution is 2.44. The fourth-order valence-corrected chi connectivity index (χ4v) is 5.36. The van der Waals surface area contributed by atoms with Gasteiger partial charge >= 0.3 is 5.69 Å². The number of nitrogens with zero attached hydrogens (tertiary/aromatic N) is 1. The summed E-state index contributed by atoms with van der Waals surface area (Å²) in [6.45, 7) is 21.7. The van der Waals surface area contributed by atoms with Crippen LogP contribution < -0.4 is 11.2 Å². The summed E-state index contributed by atoms with van der Waals surface area (Å²) in [5.41, 5.74) is -0.269. The van der Waals surface area contributed by atoms with Gasteiger partial charge in [-0.15, -0.1) is 0 Å². The minimum absolute atomic E-state index is 0.0265. The summed E-state index contributed by atoms with van der Waals surface area (Å²) < 4.78 is 20.9. The van der Waals surface area contributed by atoms with E-state index in [1.54, 1.807) is 6.08 Å². The average molecular weight is 499 g/mol. The summed E-state index contributed by atoms with van der Waals surface area (Å²) in [6.07, 6.45) is 1.28. The van der Waals surface area contributed by atoms with Crippen LogP contribution in [0.25, 0.3) is 0 Å². The molecule has 0 spiro atoms. The molecule has 33 heavy (non-hydrogen) atoms. The number of nitrogens with one attached hydrogen (secondary N) is 1. The molecule has 0 saturated carbocycles. The number of hydrogen-bond donors (Lipinski definition) is 2. The number of aliphatic hydroxyl groups is 1. The van der Waals surface area contributed by atoms with Gasteiger partial charge in [-0.25, -0.2) is 4.79 Å². The van der Waals surface area contributed by atoms with Crippen LogP contribution in [0.15, 0.2) is 33.5 Å². The monoisotopic (exact) mass is 498 g/mol. The minimum atomic E-state index is -2.28. The maximum Gasteiger partial charge on any atom is 0.330 e. The van der Waals surface area contributed by atoms with Crippen LogP contribution >= 0.6 is 0 Å². The van der Waals surface area contributed by atoms with E-state index in [1.165, 1.54) is 16.8 Å². The van der Waals surface area contributed by atoms with Gasteiger partial charge in [-0.1, -0.05) is 47.6 Å². The number of rotatable bonds is 7. The van der Waals surface area contributed by atoms with Gasteiger partial charge in [0.15, 0.2) is 22.9 Å². The zero-order chi connectivity index (χ0) is 25.4. The summed E-state index contributed by atoms with van der Waals surface area (Å²) in [7, 11) is -4.35. The number of aliphatic hydroxyl groups excluding tert-OH is 1. The van der Waals surface area contributed by atoms with E-state index < -0.39 is 46.3 Å². The van der Waals surface area contributed by atoms with E-state index in [9.17, 15) is 14.7 Å². The molecule has 2 N–H and O–H groups in total. The molecule has 2 rings (SSSR count). The fourth-order valence-electron chi connectivity index (χ4n) is 3.11. The van der Waals surface area contributed by atoms with Gasteiger partial charge < -0.3 is 18.7 Å². The van der Waals surface area contributed by atoms with Crippen LogP contribution in [0.1, 0.15) is 47.8 Å². The second-order valence-corrected chi connectivity index (χ2v) is 21.4. The smallest absolute Gasteiger partial charge is 0.330 e. The Hall–Kier alpha value is -1.31. The lowest BCUT2D eigenvalue weighted by atomic mass is 10.1. The van der Waals surface area contributed by atoms with Crippen LogP contribution in [0.5, 0.6) is 0 Å². The standard InChI is InChI=1S/C23H42N2O6Si2/c1-22(2,3)32(7,8)29-15-17-16(12-14-26)19(31-33(9,10)23(4,5)6)20(30-17)25-13-11-18(27)24-21(25)28/h11-13,17,19-20,26H,14-15H2,1-10H3,(H,24,27,28)/b16-12+/t17-,19-,20-/m1/s1. The molecule has 0 amide bonds. The van der Waals surface area contributed by atoms with E-state index in [2.05, 4.69) is 72.7 Å². The van der Waals surface area contributed by atoms with Crippen molar-refractivity contribution in [3.8, 4) is 0 Å². The van der Waals surface area contributed by atoms with Crippen molar-refractivity contribution in [3.63, 3.8) is 0 Å². The highest BCUT2D eigenvalue weighted by atomic mass is 28.4. The van der Waals surface area contributed by atoms with Crippen LogP contribution in [0.3, 0.4) is 0 Å². The van der Waals surface area contributed by atoms with Crippen molar-refractivity contribution in [1.82, 2.24) is 9.55 Å². The lowest BCUT2D eigenvalue weighted by molar-refractivity contribution is -0.0483. The summed E-state index contributed by atoms with van der Waals surface area (Å²) in [5.74, 6) is 0. The molecular weight excluding hydrogens is 456 g/mol. The first-order valence-electron chi connectivity index (χ1n) is 11.5. The van der Waals surface area contributed by atoms with Gasteiger partial charge in [-0.2, -0.15) is 0 Å². The van der Waals surface area contributed by atoms with Gasteiger partial charge in [0, 0.05) is 12.3 Å². The van der Waals surface area contributed by atoms with Crippen LogP contribution in [0.4, 0.5) is 0 Å². The van der Waals surface area contributed by atoms with Crippen LogP contribution in [-0.2, 0) is 13.6 Å². The van der Waals surface area contributed by atoms with E-state index in [0.29, 0.717) is 6.61 Å². The topological polar surface area (TPSA) is 103 Å². The molecule has 0 unspecified atom stereocenters. The highest BCUT2D eigenvalue weighted by molar-refractivity contribution is 6.74. The Bertz CT molecular complexity index is 969. The lowest BCUT2D eigenvalue weighted by Crippen LogP contribution is -2.47. The molecular formula is C23H42N2O6Si2. The second-order valence-electron chi connectivity index (χ2n) is 11.8. The predicted molar refractivity (Wildman–Crippen MR) is 136 cm³/mol. The Morgan fingerprint density at radius 1 is 1.09 bits per heavy atom. The zero-order valence-electron chi connectivity index (χ0n) is 21.8. The van der Waals surface area contributed by atoms with E-state index in [4.69, 9.17) is 13.6 Å². The van der Waals surface area contributed by atoms with Gasteiger partial charge in [0.2, 0.25) is 0 Å². The summed E-state index contributed by atoms with van der Waals surface area (Å²) >= 11 is 0. The van der Waals surface area contributed by atoms with Gasteiger partial charge in [-0.05, 0) is 41.8 Å². The van der Waals surface area contributed by atoms with Crippen molar-refractivity contribution < 1.29 is 18.7 Å². The maximum atomic E-state index is 12.6. The van der Waals surface area contributed by atoms with Crippen molar-refractivity contribution in [2.24, 2.45) is 0 Å². The van der Waals surface area contributed by atoms with E-state index in [0.717, 1.165) is 5.57 Å². The van der Waals surface area contributed by atoms with Crippen molar-refractivity contribution >= 4 is 16.6 Å². The third-order valence-corrected chi connectivity index (χ3v) is 16.3. The van der Waals surface area contributed by atoms with Crippen molar-refractivity contribution in [3.05, 3.63) is 44.8 Å². The zero-order valence-corrected chi connectivity index (χ0v) is 23.8. The largest absolute Gasteiger partial charge is 0.414 e. The third-order valence-electron chi connectivity index (χ3n) is 7.34. The Morgan fingerprint density at radius 2 is 1.67 bits per heavy atom. The molecule has 1 fully saturated rings. The number of ether oxygens (including phenoxy) is 1. The Kier molecular flexibility index (Phi) is 8.25. The molecule has 0 aliphatic carbocycles. The molecule has 2 heterocycles. The van der Waals surface area contributed by atoms with Crippen molar-refractivity contribution in [2.45, 2.75) is 96.2 Å². The molecule has 0 aromatic carbocycles. The number of H-pyrrole nitrogens is 1. The predicted octanol–water partition coefficient (Wildman–Crippen LogP) is 3.76. The van der Waals surface area contributed by atoms with E-state index >= 15 is 0 Å². The quantitative estimate of drug-likeness (QED) is 0.438. The van der Waals surface area contributed by atoms with Gasteiger partial charge in [-0.3, -0.25) is 14.3 Å². The molecule has 1 aromatic rings. The normalized spacial score (nSPS) is 24.0. The van der Waals surface area contributed by atoms with Crippen LogP contribution in [0.2, 0.25) is 36.3 Å². The molecule has 10 heteroatoms. The highest BCUT2D eigenvalue weighted by Gasteiger charge is 2.49. The van der Waals surface area contributed by atoms with E-state index in [1.807, 2.05) is 0 Å². The van der Waals surface area contributed by atoms with Gasteiger partial charge in [0.1, 0.15) is 12.2 Å². The van der Waals surface area contributed by atoms with Crippen molar-refractivity contribution in [2.75, 3.05) is 13.2 Å². The first-order valence-corrected chi connectivity index (χ1v) is 17.3. The molecule has 8 nitrogen and oxygen atoms in total. The first kappa shape index (κ1) is 27.9. The molecule has 0 bridgehead atoms. The molecule has 1 aliphatic heterocycles. The second kappa shape index (κ2) is 9.75. The SMILES string of the molecule is CC(C)(C)[Si](C)(C)OC[C@H]1O[C@@H](n2ccc(=O)[nH]c2=O)[C@H](O[Si](C)(C)C(C)(C)C)/C1=C/CO. The van der Waals surface area contributed by atoms with E-state index in [-0.39, 0.29) is 16.7 Å². The molecule has 1 aliphatic rings. The number of hydrogen-bond acceptors (Lipinski definition) is 6. The molecule has 1 aromatic heterocycles. The summed E-state index contributed by atoms with van der Waals surface area (Å²) in [4.78, 5) is 26.6. The Balaban J connectivity index is 2.51. The van der Waals surface area contributed by atoms with Crippen molar-refractivity contribution in [1.29, 1.82) is 0 Å². The Labute approximate surface area is 199 Å². The number of aromatic nitrogens is 2. The Morgan fingerprint density at radius 3 is 2.15 bits per heavy atom. The first-order chi connectivity index (χ1) is 14.9. The van der Waals surface area contributed by atoms with Gasteiger partial charge in [0.25, 0.3) is 5.56 Å². The molecule has 188 valence electrons. The minimum Gasteiger partial charge on any atom is -0.414 e. The maximum absolute atomic E-state index is 12.6. The molecule has 0 radical (unpaired) electrons. The van der Waals surface area contributed by atoms with Crippen LogP contribution in [0, 0.1) is 0 Å². The fraction of sp³-hybridized carbons (Fsp3) is 0.739. The molecule has 3 atom stereocenters. The molecule has 1 saturated heterocycles. The number of aromatic amines is 1. The average Bonchev–Trinajstić information content (AvgIpc) is 2.95. The van der Waals surface area contributed by atoms with Crippen LogP contribution in [-0.4, -0.2) is 56.7 Å². The van der Waals surface area contributed by atoms with Gasteiger partial charge in [0.05, 0.1) is 13.2 Å². The summed E-state index contributed by atoms with van der Waals surface area (Å²) in [5, 5.41) is 9.75.